The molecule has 0 radical (unpaired) electrons. The summed E-state index contributed by atoms with van der Waals surface area (Å²) in [6.07, 6.45) is 0. The van der Waals surface area contributed by atoms with E-state index in [-0.39, 0.29) is 17.3 Å². The monoisotopic (exact) mass is 191 g/mol. The standard InChI is InChI=1S/C7H13NO3S/c1-7(9)6-8-2-4-12(10,11)5-3-8/h2-6H2,1H3. The van der Waals surface area contributed by atoms with Crippen molar-refractivity contribution in [3.63, 3.8) is 0 Å². The summed E-state index contributed by atoms with van der Waals surface area (Å²) in [6, 6.07) is 0. The summed E-state index contributed by atoms with van der Waals surface area (Å²) >= 11 is 0. The predicted molar refractivity (Wildman–Crippen MR) is 45.8 cm³/mol. The topological polar surface area (TPSA) is 54.5 Å². The Kier molecular flexibility index (Phi) is 2.85. The number of carbonyl (C=O) groups excluding carboxylic acids is 1. The molecular formula is C7H13NO3S. The first-order chi connectivity index (χ1) is 5.49. The van der Waals surface area contributed by atoms with E-state index in [1.165, 1.54) is 6.92 Å². The molecule has 1 saturated heterocycles. The van der Waals surface area contributed by atoms with Gasteiger partial charge < -0.3 is 0 Å². The van der Waals surface area contributed by atoms with Crippen molar-refractivity contribution >= 4 is 15.6 Å². The minimum Gasteiger partial charge on any atom is -0.299 e. The van der Waals surface area contributed by atoms with E-state index in [4.69, 9.17) is 0 Å². The van der Waals surface area contributed by atoms with Gasteiger partial charge >= 0.3 is 0 Å². The van der Waals surface area contributed by atoms with Crippen LogP contribution in [0.25, 0.3) is 0 Å². The zero-order valence-corrected chi connectivity index (χ0v) is 7.93. The van der Waals surface area contributed by atoms with Crippen LogP contribution in [0.2, 0.25) is 0 Å². The molecule has 1 heterocycles. The van der Waals surface area contributed by atoms with E-state index in [0.29, 0.717) is 19.6 Å². The van der Waals surface area contributed by atoms with Gasteiger partial charge in [0, 0.05) is 13.1 Å². The van der Waals surface area contributed by atoms with Crippen LogP contribution in [0.3, 0.4) is 0 Å². The van der Waals surface area contributed by atoms with Crippen molar-refractivity contribution in [2.75, 3.05) is 31.1 Å². The Morgan fingerprint density at radius 3 is 2.25 bits per heavy atom. The Hall–Kier alpha value is -0.420. The molecule has 5 heteroatoms. The van der Waals surface area contributed by atoms with Crippen LogP contribution in [0.15, 0.2) is 0 Å². The average Bonchev–Trinajstić information content (AvgIpc) is 1.93. The largest absolute Gasteiger partial charge is 0.299 e. The van der Waals surface area contributed by atoms with E-state index in [9.17, 15) is 13.2 Å². The van der Waals surface area contributed by atoms with E-state index in [0.717, 1.165) is 0 Å². The Balaban J connectivity index is 2.41. The molecule has 0 N–H and O–H groups in total. The Labute approximate surface area is 72.5 Å². The number of nitrogens with zero attached hydrogens (tertiary/aromatic N) is 1. The minimum absolute atomic E-state index is 0.0919. The van der Waals surface area contributed by atoms with Gasteiger partial charge in [0.1, 0.15) is 5.78 Å². The molecule has 1 aliphatic heterocycles. The zero-order chi connectivity index (χ0) is 9.19. The third-order valence-corrected chi connectivity index (χ3v) is 3.49. The van der Waals surface area contributed by atoms with E-state index >= 15 is 0 Å². The van der Waals surface area contributed by atoms with Gasteiger partial charge in [-0.2, -0.15) is 0 Å². The second-order valence-corrected chi connectivity index (χ2v) is 5.43. The summed E-state index contributed by atoms with van der Waals surface area (Å²) < 4.78 is 21.9. The van der Waals surface area contributed by atoms with Crippen LogP contribution in [0, 0.1) is 0 Å². The highest BCUT2D eigenvalue weighted by molar-refractivity contribution is 7.91. The zero-order valence-electron chi connectivity index (χ0n) is 7.12. The lowest BCUT2D eigenvalue weighted by atomic mass is 10.4. The third kappa shape index (κ3) is 2.91. The lowest BCUT2D eigenvalue weighted by Crippen LogP contribution is -2.42. The van der Waals surface area contributed by atoms with Crippen molar-refractivity contribution in [1.82, 2.24) is 4.90 Å². The molecule has 12 heavy (non-hydrogen) atoms. The molecule has 0 bridgehead atoms. The average molecular weight is 191 g/mol. The van der Waals surface area contributed by atoms with Crippen molar-refractivity contribution in [2.45, 2.75) is 6.92 Å². The molecule has 0 saturated carbocycles. The number of hydrogen-bond acceptors (Lipinski definition) is 4. The fraction of sp³-hybridized carbons (Fsp3) is 0.857. The van der Waals surface area contributed by atoms with E-state index in [1.54, 1.807) is 0 Å². The maximum atomic E-state index is 11.0. The van der Waals surface area contributed by atoms with Crippen LogP contribution < -0.4 is 0 Å². The first-order valence-corrected chi connectivity index (χ1v) is 5.74. The van der Waals surface area contributed by atoms with Crippen molar-refractivity contribution < 1.29 is 13.2 Å². The second-order valence-electron chi connectivity index (χ2n) is 3.13. The summed E-state index contributed by atoms with van der Waals surface area (Å²) in [4.78, 5) is 12.6. The highest BCUT2D eigenvalue weighted by atomic mass is 32.2. The molecule has 0 amide bonds. The number of rotatable bonds is 2. The van der Waals surface area contributed by atoms with Crippen molar-refractivity contribution in [3.05, 3.63) is 0 Å². The Morgan fingerprint density at radius 1 is 1.33 bits per heavy atom. The van der Waals surface area contributed by atoms with Gasteiger partial charge in [-0.25, -0.2) is 8.42 Å². The third-order valence-electron chi connectivity index (χ3n) is 1.88. The van der Waals surface area contributed by atoms with Gasteiger partial charge in [-0.15, -0.1) is 0 Å². The van der Waals surface area contributed by atoms with Gasteiger partial charge in [-0.1, -0.05) is 0 Å². The van der Waals surface area contributed by atoms with Crippen molar-refractivity contribution in [1.29, 1.82) is 0 Å². The molecule has 1 fully saturated rings. The summed E-state index contributed by atoms with van der Waals surface area (Å²) in [7, 11) is -2.80. The maximum absolute atomic E-state index is 11.0. The van der Waals surface area contributed by atoms with E-state index in [1.807, 2.05) is 4.90 Å². The lowest BCUT2D eigenvalue weighted by Gasteiger charge is -2.24. The molecule has 0 unspecified atom stereocenters. The SMILES string of the molecule is CC(=O)CN1CCS(=O)(=O)CC1. The highest BCUT2D eigenvalue weighted by Crippen LogP contribution is 2.02. The fourth-order valence-electron chi connectivity index (χ4n) is 1.22. The molecule has 70 valence electrons. The van der Waals surface area contributed by atoms with Gasteiger partial charge in [-0.05, 0) is 6.92 Å². The van der Waals surface area contributed by atoms with E-state index in [2.05, 4.69) is 0 Å². The van der Waals surface area contributed by atoms with Crippen LogP contribution in [-0.2, 0) is 14.6 Å². The molecule has 4 nitrogen and oxygen atoms in total. The minimum atomic E-state index is -2.80. The number of ketones is 1. The first-order valence-electron chi connectivity index (χ1n) is 3.92. The number of hydrogen-bond donors (Lipinski definition) is 0. The summed E-state index contributed by atoms with van der Waals surface area (Å²) in [5, 5.41) is 0. The van der Waals surface area contributed by atoms with Gasteiger partial charge in [-0.3, -0.25) is 9.69 Å². The molecule has 1 rings (SSSR count). The molecule has 0 aromatic heterocycles. The van der Waals surface area contributed by atoms with Crippen LogP contribution in [0.1, 0.15) is 6.92 Å². The highest BCUT2D eigenvalue weighted by Gasteiger charge is 2.21. The number of sulfone groups is 1. The van der Waals surface area contributed by atoms with Gasteiger partial charge in [0.2, 0.25) is 0 Å². The number of Topliss-reactive ketones (excluding diaryl/α,β-unsaturated/α-hetero) is 1. The molecule has 0 spiro atoms. The molecule has 0 aliphatic carbocycles. The molecule has 0 aromatic rings. The molecule has 1 aliphatic rings. The van der Waals surface area contributed by atoms with Crippen LogP contribution in [0.5, 0.6) is 0 Å². The van der Waals surface area contributed by atoms with Gasteiger partial charge in [0.05, 0.1) is 18.1 Å². The van der Waals surface area contributed by atoms with Crippen molar-refractivity contribution in [3.8, 4) is 0 Å². The van der Waals surface area contributed by atoms with Crippen LogP contribution in [-0.4, -0.2) is 50.2 Å². The number of carbonyl (C=O) groups is 1. The van der Waals surface area contributed by atoms with E-state index < -0.39 is 9.84 Å². The summed E-state index contributed by atoms with van der Waals surface area (Å²) in [6.45, 7) is 2.91. The normalized spacial score (nSPS) is 23.8. The summed E-state index contributed by atoms with van der Waals surface area (Å²) in [5.74, 6) is 0.481. The Morgan fingerprint density at radius 2 is 1.83 bits per heavy atom. The van der Waals surface area contributed by atoms with Crippen LogP contribution in [0.4, 0.5) is 0 Å². The Bertz CT molecular complexity index is 256. The second kappa shape index (κ2) is 3.53. The van der Waals surface area contributed by atoms with Gasteiger partial charge in [0.25, 0.3) is 0 Å². The first kappa shape index (κ1) is 9.67. The molecule has 0 atom stereocenters. The lowest BCUT2D eigenvalue weighted by molar-refractivity contribution is -0.118. The smallest absolute Gasteiger partial charge is 0.152 e. The van der Waals surface area contributed by atoms with Crippen LogP contribution >= 0.6 is 0 Å². The molecule has 0 aromatic carbocycles. The van der Waals surface area contributed by atoms with Crippen molar-refractivity contribution in [2.24, 2.45) is 0 Å². The quantitative estimate of drug-likeness (QED) is 0.579. The maximum Gasteiger partial charge on any atom is 0.152 e. The predicted octanol–water partition coefficient (Wildman–Crippen LogP) is -0.694. The molecular weight excluding hydrogens is 178 g/mol. The summed E-state index contributed by atoms with van der Waals surface area (Å²) in [5.41, 5.74) is 0. The van der Waals surface area contributed by atoms with Gasteiger partial charge in [0.15, 0.2) is 9.84 Å². The fourth-order valence-corrected chi connectivity index (χ4v) is 2.50.